The number of nitrogens with zero attached hydrogens (tertiary/aromatic N) is 3. The van der Waals surface area contributed by atoms with E-state index < -0.39 is 0 Å². The Labute approximate surface area is 170 Å². The number of methoxy groups -OCH3 is 1. The van der Waals surface area contributed by atoms with Gasteiger partial charge in [0.25, 0.3) is 5.88 Å². The minimum absolute atomic E-state index is 0.0773. The highest BCUT2D eigenvalue weighted by molar-refractivity contribution is 5.80. The Kier molecular flexibility index (Phi) is 5.60. The lowest BCUT2D eigenvalue weighted by molar-refractivity contribution is -0.125. The standard InChI is InChI=1S/C23H26N4O2/c1-16-7-5-8-17(13-16)14-24-22(28)18-9-6-12-27(15-18)21-23(29-2)26-20-11-4-3-10-19(20)25-21/h3-5,7-8,10-11,13,18H,6,9,12,14-15H2,1-2H3,(H,24,28)/t18-/m0/s1. The Morgan fingerprint density at radius 1 is 1.17 bits per heavy atom. The van der Waals surface area contributed by atoms with Gasteiger partial charge in [0, 0.05) is 19.6 Å². The maximum atomic E-state index is 12.8. The van der Waals surface area contributed by atoms with Crippen LogP contribution in [-0.2, 0) is 11.3 Å². The molecule has 1 atom stereocenters. The summed E-state index contributed by atoms with van der Waals surface area (Å²) in [5.41, 5.74) is 3.95. The first-order chi connectivity index (χ1) is 14.1. The second kappa shape index (κ2) is 8.47. The van der Waals surface area contributed by atoms with E-state index >= 15 is 0 Å². The average Bonchev–Trinajstić information content (AvgIpc) is 2.76. The summed E-state index contributed by atoms with van der Waals surface area (Å²) in [6.45, 7) is 4.06. The van der Waals surface area contributed by atoms with Crippen LogP contribution in [0.4, 0.5) is 5.82 Å². The van der Waals surface area contributed by atoms with Gasteiger partial charge in [-0.15, -0.1) is 0 Å². The fraction of sp³-hybridized carbons (Fsp3) is 0.348. The van der Waals surface area contributed by atoms with Crippen LogP contribution in [0.2, 0.25) is 0 Å². The van der Waals surface area contributed by atoms with Crippen LogP contribution in [-0.4, -0.2) is 36.1 Å². The first kappa shape index (κ1) is 19.2. The van der Waals surface area contributed by atoms with E-state index in [1.807, 2.05) is 36.4 Å². The average molecular weight is 390 g/mol. The molecule has 0 radical (unpaired) electrons. The maximum absolute atomic E-state index is 12.8. The fourth-order valence-electron chi connectivity index (χ4n) is 3.86. The van der Waals surface area contributed by atoms with Gasteiger partial charge in [-0.1, -0.05) is 42.0 Å². The van der Waals surface area contributed by atoms with E-state index in [4.69, 9.17) is 9.72 Å². The van der Waals surface area contributed by atoms with Gasteiger partial charge < -0.3 is 15.0 Å². The molecule has 4 rings (SSSR count). The van der Waals surface area contributed by atoms with Gasteiger partial charge in [-0.3, -0.25) is 4.79 Å². The molecule has 0 aliphatic carbocycles. The number of fused-ring (bicyclic) bond motifs is 1. The monoisotopic (exact) mass is 390 g/mol. The van der Waals surface area contributed by atoms with E-state index in [9.17, 15) is 4.79 Å². The Morgan fingerprint density at radius 3 is 2.72 bits per heavy atom. The molecule has 0 saturated carbocycles. The number of carbonyl (C=O) groups is 1. The lowest BCUT2D eigenvalue weighted by Gasteiger charge is -2.33. The predicted molar refractivity (Wildman–Crippen MR) is 114 cm³/mol. The predicted octanol–water partition coefficient (Wildman–Crippen LogP) is 3.48. The highest BCUT2D eigenvalue weighted by Gasteiger charge is 2.28. The van der Waals surface area contributed by atoms with Crippen molar-refractivity contribution in [2.24, 2.45) is 5.92 Å². The number of aryl methyl sites for hydroxylation is 1. The molecule has 0 spiro atoms. The van der Waals surface area contributed by atoms with Crippen LogP contribution in [0.3, 0.4) is 0 Å². The van der Waals surface area contributed by atoms with Crippen LogP contribution in [0.1, 0.15) is 24.0 Å². The molecule has 0 bridgehead atoms. The third-order valence-electron chi connectivity index (χ3n) is 5.36. The number of aromatic nitrogens is 2. The lowest BCUT2D eigenvalue weighted by Crippen LogP contribution is -2.43. The summed E-state index contributed by atoms with van der Waals surface area (Å²) in [5.74, 6) is 1.22. The molecule has 0 unspecified atom stereocenters. The van der Waals surface area contributed by atoms with Gasteiger partial charge in [0.05, 0.1) is 24.1 Å². The van der Waals surface area contributed by atoms with Gasteiger partial charge >= 0.3 is 0 Å². The molecule has 1 saturated heterocycles. The smallest absolute Gasteiger partial charge is 0.257 e. The molecule has 3 aromatic rings. The summed E-state index contributed by atoms with van der Waals surface area (Å²) >= 11 is 0. The largest absolute Gasteiger partial charge is 0.478 e. The minimum atomic E-state index is -0.0773. The molecule has 1 amide bonds. The topological polar surface area (TPSA) is 67.4 Å². The molecule has 1 aliphatic heterocycles. The van der Waals surface area contributed by atoms with Crippen LogP contribution in [0, 0.1) is 12.8 Å². The van der Waals surface area contributed by atoms with E-state index in [0.29, 0.717) is 24.8 Å². The van der Waals surface area contributed by atoms with Crippen molar-refractivity contribution < 1.29 is 9.53 Å². The molecule has 1 aliphatic rings. The number of anilines is 1. The molecule has 6 nitrogen and oxygen atoms in total. The van der Waals surface area contributed by atoms with E-state index in [0.717, 1.165) is 36.0 Å². The van der Waals surface area contributed by atoms with Crippen molar-refractivity contribution in [3.8, 4) is 5.88 Å². The molecular weight excluding hydrogens is 364 g/mol. The van der Waals surface area contributed by atoms with Crippen molar-refractivity contribution in [1.82, 2.24) is 15.3 Å². The number of rotatable bonds is 5. The normalized spacial score (nSPS) is 16.6. The highest BCUT2D eigenvalue weighted by atomic mass is 16.5. The molecule has 2 aromatic carbocycles. The van der Waals surface area contributed by atoms with Gasteiger partial charge in [0.2, 0.25) is 5.91 Å². The summed E-state index contributed by atoms with van der Waals surface area (Å²) in [5, 5.41) is 3.09. The van der Waals surface area contributed by atoms with Crippen molar-refractivity contribution in [2.45, 2.75) is 26.3 Å². The van der Waals surface area contributed by atoms with Crippen molar-refractivity contribution in [1.29, 1.82) is 0 Å². The zero-order valence-electron chi connectivity index (χ0n) is 16.9. The first-order valence-electron chi connectivity index (χ1n) is 10.0. The number of para-hydroxylation sites is 2. The van der Waals surface area contributed by atoms with Crippen LogP contribution in [0.5, 0.6) is 5.88 Å². The summed E-state index contributed by atoms with van der Waals surface area (Å²) in [6.07, 6.45) is 1.81. The van der Waals surface area contributed by atoms with Gasteiger partial charge in [-0.05, 0) is 37.5 Å². The molecular formula is C23H26N4O2. The van der Waals surface area contributed by atoms with Crippen LogP contribution in [0.15, 0.2) is 48.5 Å². The molecule has 6 heteroatoms. The number of hydrogen-bond donors (Lipinski definition) is 1. The lowest BCUT2D eigenvalue weighted by atomic mass is 9.97. The summed E-state index contributed by atoms with van der Waals surface area (Å²) < 4.78 is 5.50. The summed E-state index contributed by atoms with van der Waals surface area (Å²) in [4.78, 5) is 24.3. The molecule has 29 heavy (non-hydrogen) atoms. The number of ether oxygens (including phenoxy) is 1. The Morgan fingerprint density at radius 2 is 1.97 bits per heavy atom. The van der Waals surface area contributed by atoms with Crippen LogP contribution in [0.25, 0.3) is 11.0 Å². The van der Waals surface area contributed by atoms with Crippen molar-refractivity contribution in [3.05, 3.63) is 59.7 Å². The first-order valence-corrected chi connectivity index (χ1v) is 10.0. The summed E-state index contributed by atoms with van der Waals surface area (Å²) in [6, 6.07) is 16.0. The van der Waals surface area contributed by atoms with Crippen molar-refractivity contribution in [2.75, 3.05) is 25.1 Å². The van der Waals surface area contributed by atoms with E-state index in [1.54, 1.807) is 7.11 Å². The van der Waals surface area contributed by atoms with Crippen LogP contribution >= 0.6 is 0 Å². The quantitative estimate of drug-likeness (QED) is 0.722. The SMILES string of the molecule is COc1nc2ccccc2nc1N1CCC[C@H](C(=O)NCc2cccc(C)c2)C1. The fourth-order valence-corrected chi connectivity index (χ4v) is 3.86. The second-order valence-electron chi connectivity index (χ2n) is 7.54. The third-order valence-corrected chi connectivity index (χ3v) is 5.36. The number of benzene rings is 2. The molecule has 2 heterocycles. The van der Waals surface area contributed by atoms with E-state index in [2.05, 4.69) is 34.3 Å². The number of nitrogens with one attached hydrogen (secondary N) is 1. The van der Waals surface area contributed by atoms with Gasteiger partial charge in [0.15, 0.2) is 5.82 Å². The van der Waals surface area contributed by atoms with Crippen molar-refractivity contribution >= 4 is 22.8 Å². The van der Waals surface area contributed by atoms with E-state index in [1.165, 1.54) is 5.56 Å². The number of carbonyl (C=O) groups excluding carboxylic acids is 1. The number of hydrogen-bond acceptors (Lipinski definition) is 5. The molecule has 1 fully saturated rings. The zero-order valence-corrected chi connectivity index (χ0v) is 16.9. The Hall–Kier alpha value is -3.15. The molecule has 1 N–H and O–H groups in total. The Balaban J connectivity index is 1.48. The molecule has 1 aromatic heterocycles. The van der Waals surface area contributed by atoms with Gasteiger partial charge in [-0.25, -0.2) is 9.97 Å². The van der Waals surface area contributed by atoms with Gasteiger partial charge in [0.1, 0.15) is 0 Å². The minimum Gasteiger partial charge on any atom is -0.478 e. The highest BCUT2D eigenvalue weighted by Crippen LogP contribution is 2.30. The Bertz CT molecular complexity index is 1020. The third kappa shape index (κ3) is 4.31. The van der Waals surface area contributed by atoms with Crippen LogP contribution < -0.4 is 15.0 Å². The van der Waals surface area contributed by atoms with Gasteiger partial charge in [-0.2, -0.15) is 0 Å². The zero-order chi connectivity index (χ0) is 20.2. The second-order valence-corrected chi connectivity index (χ2v) is 7.54. The van der Waals surface area contributed by atoms with E-state index in [-0.39, 0.29) is 11.8 Å². The maximum Gasteiger partial charge on any atom is 0.257 e. The number of amides is 1. The summed E-state index contributed by atoms with van der Waals surface area (Å²) in [7, 11) is 1.61. The molecule has 150 valence electrons. The van der Waals surface area contributed by atoms with Crippen molar-refractivity contribution in [3.63, 3.8) is 0 Å². The number of piperidine rings is 1.